The standard InChI is InChI=1S/C14H20F3N3O/c1-14(2,20-5-7-21-8-6-20)13(19-18)9-3-4-10(15)12(17)11(9)16/h3-4,13,19H,5-8,18H2,1-2H3. The summed E-state index contributed by atoms with van der Waals surface area (Å²) in [6, 6.07) is 1.44. The number of ether oxygens (including phenoxy) is 1. The molecule has 0 aliphatic carbocycles. The van der Waals surface area contributed by atoms with Gasteiger partial charge in [-0.05, 0) is 19.9 Å². The summed E-state index contributed by atoms with van der Waals surface area (Å²) in [5, 5.41) is 0. The molecule has 7 heteroatoms. The Hall–Kier alpha value is -1.15. The molecule has 1 saturated heterocycles. The van der Waals surface area contributed by atoms with Crippen molar-refractivity contribution in [1.29, 1.82) is 0 Å². The number of hydrazine groups is 1. The lowest BCUT2D eigenvalue weighted by Crippen LogP contribution is -2.57. The predicted octanol–water partition coefficient (Wildman–Crippen LogP) is 1.72. The van der Waals surface area contributed by atoms with Gasteiger partial charge >= 0.3 is 0 Å². The van der Waals surface area contributed by atoms with Gasteiger partial charge in [-0.1, -0.05) is 6.07 Å². The topological polar surface area (TPSA) is 50.5 Å². The van der Waals surface area contributed by atoms with E-state index < -0.39 is 29.0 Å². The molecule has 0 amide bonds. The fraction of sp³-hybridized carbons (Fsp3) is 0.571. The Bertz CT molecular complexity index is 504. The SMILES string of the molecule is CC(C)(C(NN)c1ccc(F)c(F)c1F)N1CCOCC1. The molecule has 1 aliphatic heterocycles. The fourth-order valence-electron chi connectivity index (χ4n) is 2.76. The first-order chi connectivity index (χ1) is 9.89. The third-order valence-electron chi connectivity index (χ3n) is 4.08. The molecule has 0 bridgehead atoms. The normalized spacial score (nSPS) is 18.8. The summed E-state index contributed by atoms with van der Waals surface area (Å²) >= 11 is 0. The highest BCUT2D eigenvalue weighted by atomic mass is 19.2. The summed E-state index contributed by atoms with van der Waals surface area (Å²) in [6.45, 7) is 6.22. The minimum atomic E-state index is -1.48. The molecule has 0 radical (unpaired) electrons. The Morgan fingerprint density at radius 3 is 2.38 bits per heavy atom. The lowest BCUT2D eigenvalue weighted by molar-refractivity contribution is -0.0243. The zero-order valence-corrected chi connectivity index (χ0v) is 12.1. The van der Waals surface area contributed by atoms with Gasteiger partial charge < -0.3 is 4.74 Å². The van der Waals surface area contributed by atoms with Gasteiger partial charge in [-0.15, -0.1) is 0 Å². The van der Waals surface area contributed by atoms with Crippen LogP contribution in [-0.2, 0) is 4.74 Å². The van der Waals surface area contributed by atoms with E-state index in [1.165, 1.54) is 6.07 Å². The van der Waals surface area contributed by atoms with Crippen LogP contribution in [0.5, 0.6) is 0 Å². The maximum absolute atomic E-state index is 14.0. The molecule has 0 saturated carbocycles. The first-order valence-electron chi connectivity index (χ1n) is 6.82. The summed E-state index contributed by atoms with van der Waals surface area (Å²) in [7, 11) is 0. The molecule has 0 spiro atoms. The van der Waals surface area contributed by atoms with Gasteiger partial charge in [0.05, 0.1) is 19.3 Å². The van der Waals surface area contributed by atoms with Crippen molar-refractivity contribution in [3.8, 4) is 0 Å². The molecule has 0 aromatic heterocycles. The summed E-state index contributed by atoms with van der Waals surface area (Å²) in [5.41, 5.74) is 1.95. The average molecular weight is 303 g/mol. The minimum Gasteiger partial charge on any atom is -0.379 e. The molecule has 1 unspecified atom stereocenters. The molecule has 1 aromatic carbocycles. The van der Waals surface area contributed by atoms with E-state index in [4.69, 9.17) is 10.6 Å². The fourth-order valence-corrected chi connectivity index (χ4v) is 2.76. The zero-order valence-electron chi connectivity index (χ0n) is 12.1. The van der Waals surface area contributed by atoms with E-state index in [0.717, 1.165) is 6.07 Å². The van der Waals surface area contributed by atoms with Gasteiger partial charge in [0.25, 0.3) is 0 Å². The molecule has 3 N–H and O–H groups in total. The first-order valence-corrected chi connectivity index (χ1v) is 6.82. The Morgan fingerprint density at radius 1 is 1.19 bits per heavy atom. The third kappa shape index (κ3) is 3.06. The van der Waals surface area contributed by atoms with Crippen LogP contribution in [-0.4, -0.2) is 36.7 Å². The molecule has 1 aliphatic rings. The highest BCUT2D eigenvalue weighted by Gasteiger charge is 2.38. The molecule has 1 heterocycles. The van der Waals surface area contributed by atoms with Crippen LogP contribution in [0.2, 0.25) is 0 Å². The van der Waals surface area contributed by atoms with Crippen LogP contribution >= 0.6 is 0 Å². The third-order valence-corrected chi connectivity index (χ3v) is 4.08. The molecule has 2 rings (SSSR count). The number of rotatable bonds is 4. The molecular weight excluding hydrogens is 283 g/mol. The maximum Gasteiger partial charge on any atom is 0.194 e. The first kappa shape index (κ1) is 16.2. The van der Waals surface area contributed by atoms with Crippen molar-refractivity contribution in [2.45, 2.75) is 25.4 Å². The highest BCUT2D eigenvalue weighted by Crippen LogP contribution is 2.33. The Kier molecular flexibility index (Phi) is 4.88. The van der Waals surface area contributed by atoms with E-state index >= 15 is 0 Å². The van der Waals surface area contributed by atoms with E-state index in [9.17, 15) is 13.2 Å². The van der Waals surface area contributed by atoms with Gasteiger partial charge in [0.2, 0.25) is 0 Å². The van der Waals surface area contributed by atoms with Crippen molar-refractivity contribution in [2.75, 3.05) is 26.3 Å². The number of morpholine rings is 1. The van der Waals surface area contributed by atoms with Crippen molar-refractivity contribution >= 4 is 0 Å². The van der Waals surface area contributed by atoms with Gasteiger partial charge in [0.15, 0.2) is 17.5 Å². The van der Waals surface area contributed by atoms with E-state index in [2.05, 4.69) is 10.3 Å². The summed E-state index contributed by atoms with van der Waals surface area (Å²) in [6.07, 6.45) is 0. The highest BCUT2D eigenvalue weighted by molar-refractivity contribution is 5.26. The van der Waals surface area contributed by atoms with E-state index in [1.54, 1.807) is 0 Å². The van der Waals surface area contributed by atoms with E-state index in [0.29, 0.717) is 26.3 Å². The second kappa shape index (κ2) is 6.31. The smallest absolute Gasteiger partial charge is 0.194 e. The van der Waals surface area contributed by atoms with Crippen LogP contribution in [0, 0.1) is 17.5 Å². The quantitative estimate of drug-likeness (QED) is 0.505. The number of nitrogens with zero attached hydrogens (tertiary/aromatic N) is 1. The number of hydrogen-bond donors (Lipinski definition) is 2. The summed E-state index contributed by atoms with van der Waals surface area (Å²) in [5.74, 6) is 1.66. The largest absolute Gasteiger partial charge is 0.379 e. The van der Waals surface area contributed by atoms with Crippen LogP contribution in [0.4, 0.5) is 13.2 Å². The number of benzene rings is 1. The Morgan fingerprint density at radius 2 is 1.81 bits per heavy atom. The number of nitrogens with two attached hydrogens (primary N) is 1. The molecule has 1 fully saturated rings. The molecule has 4 nitrogen and oxygen atoms in total. The summed E-state index contributed by atoms with van der Waals surface area (Å²) in [4.78, 5) is 2.09. The second-order valence-corrected chi connectivity index (χ2v) is 5.62. The van der Waals surface area contributed by atoms with Gasteiger partial charge in [0.1, 0.15) is 0 Å². The van der Waals surface area contributed by atoms with Crippen molar-refractivity contribution in [2.24, 2.45) is 5.84 Å². The molecule has 1 atom stereocenters. The summed E-state index contributed by atoms with van der Waals surface area (Å²) < 4.78 is 45.9. The zero-order chi connectivity index (χ0) is 15.6. The number of hydrogen-bond acceptors (Lipinski definition) is 4. The van der Waals surface area contributed by atoms with E-state index in [-0.39, 0.29) is 5.56 Å². The molecular formula is C14H20F3N3O. The molecule has 118 valence electrons. The predicted molar refractivity (Wildman–Crippen MR) is 72.9 cm³/mol. The monoisotopic (exact) mass is 303 g/mol. The van der Waals surface area contributed by atoms with Crippen LogP contribution < -0.4 is 11.3 Å². The lowest BCUT2D eigenvalue weighted by atomic mass is 9.86. The van der Waals surface area contributed by atoms with Crippen molar-refractivity contribution in [3.63, 3.8) is 0 Å². The van der Waals surface area contributed by atoms with Crippen LogP contribution in [0.15, 0.2) is 12.1 Å². The van der Waals surface area contributed by atoms with Gasteiger partial charge in [-0.25, -0.2) is 13.2 Å². The average Bonchev–Trinajstić information content (AvgIpc) is 2.48. The number of halogens is 3. The lowest BCUT2D eigenvalue weighted by Gasteiger charge is -2.45. The van der Waals surface area contributed by atoms with Gasteiger partial charge in [0, 0.05) is 24.2 Å². The minimum absolute atomic E-state index is 0.00731. The Labute approximate surface area is 122 Å². The van der Waals surface area contributed by atoms with Crippen LogP contribution in [0.1, 0.15) is 25.5 Å². The molecule has 1 aromatic rings. The maximum atomic E-state index is 14.0. The molecule has 21 heavy (non-hydrogen) atoms. The van der Waals surface area contributed by atoms with Crippen molar-refractivity contribution in [1.82, 2.24) is 10.3 Å². The van der Waals surface area contributed by atoms with Crippen LogP contribution in [0.25, 0.3) is 0 Å². The second-order valence-electron chi connectivity index (χ2n) is 5.62. The Balaban J connectivity index is 2.36. The number of nitrogens with one attached hydrogen (secondary N) is 1. The van der Waals surface area contributed by atoms with Crippen molar-refractivity contribution < 1.29 is 17.9 Å². The van der Waals surface area contributed by atoms with Crippen LogP contribution in [0.3, 0.4) is 0 Å². The van der Waals surface area contributed by atoms with Crippen molar-refractivity contribution in [3.05, 3.63) is 35.1 Å². The van der Waals surface area contributed by atoms with Gasteiger partial charge in [-0.3, -0.25) is 16.2 Å². The van der Waals surface area contributed by atoms with E-state index in [1.807, 2.05) is 13.8 Å². The van der Waals surface area contributed by atoms with Gasteiger partial charge in [-0.2, -0.15) is 0 Å².